The average molecular weight is 404 g/mol. The summed E-state index contributed by atoms with van der Waals surface area (Å²) < 4.78 is 13.0. The molecule has 1 heterocycles. The number of aryl methyl sites for hydroxylation is 2. The molecule has 3 aromatic rings. The molecular formula is C25H26FN3O. The van der Waals surface area contributed by atoms with Crippen LogP contribution in [0, 0.1) is 19.7 Å². The predicted octanol–water partition coefficient (Wildman–Crippen LogP) is 5.02. The van der Waals surface area contributed by atoms with Crippen molar-refractivity contribution >= 4 is 23.0 Å². The molecule has 1 N–H and O–H groups in total. The summed E-state index contributed by atoms with van der Waals surface area (Å²) in [4.78, 5) is 17.2. The fraction of sp³-hybridized carbons (Fsp3) is 0.240. The van der Waals surface area contributed by atoms with E-state index in [9.17, 15) is 9.18 Å². The van der Waals surface area contributed by atoms with Crippen LogP contribution >= 0.6 is 0 Å². The number of piperazine rings is 1. The molecule has 0 spiro atoms. The number of amides is 1. The monoisotopic (exact) mass is 403 g/mol. The summed E-state index contributed by atoms with van der Waals surface area (Å²) in [7, 11) is 0. The Morgan fingerprint density at radius 2 is 1.33 bits per heavy atom. The van der Waals surface area contributed by atoms with Gasteiger partial charge in [-0.15, -0.1) is 0 Å². The van der Waals surface area contributed by atoms with Crippen molar-refractivity contribution in [3.8, 4) is 0 Å². The lowest BCUT2D eigenvalue weighted by molar-refractivity contribution is 0.102. The Kier molecular flexibility index (Phi) is 5.70. The van der Waals surface area contributed by atoms with Gasteiger partial charge < -0.3 is 15.1 Å². The first kappa shape index (κ1) is 20.0. The van der Waals surface area contributed by atoms with Crippen molar-refractivity contribution in [3.63, 3.8) is 0 Å². The number of benzene rings is 3. The lowest BCUT2D eigenvalue weighted by Crippen LogP contribution is -2.46. The van der Waals surface area contributed by atoms with Crippen LogP contribution in [0.3, 0.4) is 0 Å². The van der Waals surface area contributed by atoms with E-state index in [1.807, 2.05) is 24.3 Å². The molecule has 0 bridgehead atoms. The second-order valence-electron chi connectivity index (χ2n) is 7.75. The Morgan fingerprint density at radius 1 is 0.767 bits per heavy atom. The molecule has 1 amide bonds. The molecule has 3 aromatic carbocycles. The van der Waals surface area contributed by atoms with Crippen molar-refractivity contribution in [2.45, 2.75) is 13.8 Å². The first-order valence-electron chi connectivity index (χ1n) is 10.2. The maximum atomic E-state index is 13.0. The van der Waals surface area contributed by atoms with Gasteiger partial charge >= 0.3 is 0 Å². The summed E-state index contributed by atoms with van der Waals surface area (Å²) in [6, 6.07) is 20.1. The fourth-order valence-electron chi connectivity index (χ4n) is 3.71. The zero-order valence-electron chi connectivity index (χ0n) is 17.4. The van der Waals surface area contributed by atoms with Crippen LogP contribution in [0.25, 0.3) is 0 Å². The molecule has 0 radical (unpaired) electrons. The van der Waals surface area contributed by atoms with Gasteiger partial charge in [0.2, 0.25) is 0 Å². The van der Waals surface area contributed by atoms with E-state index in [1.165, 1.54) is 28.9 Å². The van der Waals surface area contributed by atoms with Crippen molar-refractivity contribution in [2.75, 3.05) is 41.3 Å². The van der Waals surface area contributed by atoms with Crippen molar-refractivity contribution in [1.82, 2.24) is 0 Å². The molecule has 4 nitrogen and oxygen atoms in total. The van der Waals surface area contributed by atoms with Crippen LogP contribution in [0.5, 0.6) is 0 Å². The molecule has 5 heteroatoms. The molecule has 1 saturated heterocycles. The lowest BCUT2D eigenvalue weighted by Gasteiger charge is -2.37. The van der Waals surface area contributed by atoms with E-state index in [0.29, 0.717) is 11.3 Å². The van der Waals surface area contributed by atoms with Gasteiger partial charge in [-0.3, -0.25) is 4.79 Å². The molecular weight excluding hydrogens is 377 g/mol. The van der Waals surface area contributed by atoms with E-state index in [4.69, 9.17) is 0 Å². The molecule has 4 rings (SSSR count). The SMILES string of the molecule is Cc1ccc(N2CCN(c3ccc(C(=O)Nc4ccc(F)cc4)cc3)CC2)cc1C. The van der Waals surface area contributed by atoms with Gasteiger partial charge in [0.25, 0.3) is 5.91 Å². The second kappa shape index (κ2) is 8.57. The highest BCUT2D eigenvalue weighted by atomic mass is 19.1. The van der Waals surface area contributed by atoms with Crippen LogP contribution in [0.2, 0.25) is 0 Å². The summed E-state index contributed by atoms with van der Waals surface area (Å²) in [5.74, 6) is -0.525. The Labute approximate surface area is 176 Å². The number of nitrogens with one attached hydrogen (secondary N) is 1. The third-order valence-electron chi connectivity index (χ3n) is 5.73. The van der Waals surface area contributed by atoms with Crippen LogP contribution in [-0.2, 0) is 0 Å². The third kappa shape index (κ3) is 4.46. The molecule has 0 aliphatic carbocycles. The standard InChI is InChI=1S/C25H26FN3O/c1-18-3-10-24(17-19(18)2)29-15-13-28(14-16-29)23-11-4-20(5-12-23)25(30)27-22-8-6-21(26)7-9-22/h3-12,17H,13-16H2,1-2H3,(H,27,30). The van der Waals surface area contributed by atoms with Gasteiger partial charge in [-0.2, -0.15) is 0 Å². The van der Waals surface area contributed by atoms with E-state index < -0.39 is 0 Å². The van der Waals surface area contributed by atoms with Crippen LogP contribution in [0.4, 0.5) is 21.5 Å². The van der Waals surface area contributed by atoms with Gasteiger partial charge in [0.05, 0.1) is 0 Å². The Morgan fingerprint density at radius 3 is 1.93 bits per heavy atom. The van der Waals surface area contributed by atoms with Gasteiger partial charge in [-0.1, -0.05) is 6.07 Å². The molecule has 0 unspecified atom stereocenters. The Bertz CT molecular complexity index is 1020. The smallest absolute Gasteiger partial charge is 0.255 e. The number of nitrogens with zero attached hydrogens (tertiary/aromatic N) is 2. The maximum Gasteiger partial charge on any atom is 0.255 e. The van der Waals surface area contributed by atoms with Gasteiger partial charge in [-0.05, 0) is 85.6 Å². The predicted molar refractivity (Wildman–Crippen MR) is 121 cm³/mol. The summed E-state index contributed by atoms with van der Waals surface area (Å²) in [5.41, 5.74) is 6.20. The number of carbonyl (C=O) groups excluding carboxylic acids is 1. The summed E-state index contributed by atoms with van der Waals surface area (Å²) >= 11 is 0. The highest BCUT2D eigenvalue weighted by Crippen LogP contribution is 2.23. The van der Waals surface area contributed by atoms with Crippen LogP contribution < -0.4 is 15.1 Å². The van der Waals surface area contributed by atoms with Gasteiger partial charge in [-0.25, -0.2) is 4.39 Å². The molecule has 0 atom stereocenters. The van der Waals surface area contributed by atoms with E-state index in [2.05, 4.69) is 47.2 Å². The lowest BCUT2D eigenvalue weighted by atomic mass is 10.1. The number of anilines is 3. The second-order valence-corrected chi connectivity index (χ2v) is 7.75. The minimum atomic E-state index is -0.324. The topological polar surface area (TPSA) is 35.6 Å². The zero-order chi connectivity index (χ0) is 21.1. The number of hydrogen-bond donors (Lipinski definition) is 1. The number of halogens is 1. The highest BCUT2D eigenvalue weighted by Gasteiger charge is 2.18. The zero-order valence-corrected chi connectivity index (χ0v) is 17.4. The summed E-state index contributed by atoms with van der Waals surface area (Å²) in [6.45, 7) is 8.11. The normalized spacial score (nSPS) is 14.0. The minimum Gasteiger partial charge on any atom is -0.368 e. The van der Waals surface area contributed by atoms with Crippen molar-refractivity contribution in [2.24, 2.45) is 0 Å². The van der Waals surface area contributed by atoms with E-state index >= 15 is 0 Å². The molecule has 30 heavy (non-hydrogen) atoms. The van der Waals surface area contributed by atoms with Gasteiger partial charge in [0.1, 0.15) is 5.82 Å². The fourth-order valence-corrected chi connectivity index (χ4v) is 3.71. The van der Waals surface area contributed by atoms with E-state index in [1.54, 1.807) is 12.1 Å². The first-order chi connectivity index (χ1) is 14.5. The molecule has 1 aliphatic heterocycles. The van der Waals surface area contributed by atoms with Crippen LogP contribution in [0.1, 0.15) is 21.5 Å². The molecule has 0 saturated carbocycles. The van der Waals surface area contributed by atoms with Crippen molar-refractivity contribution in [1.29, 1.82) is 0 Å². The maximum absolute atomic E-state index is 13.0. The van der Waals surface area contributed by atoms with Gasteiger partial charge in [0, 0.05) is 48.8 Å². The Balaban J connectivity index is 1.36. The number of carbonyl (C=O) groups is 1. The number of rotatable bonds is 4. The van der Waals surface area contributed by atoms with Crippen molar-refractivity contribution in [3.05, 3.63) is 89.2 Å². The molecule has 0 aromatic heterocycles. The average Bonchev–Trinajstić information content (AvgIpc) is 2.77. The Hall–Kier alpha value is -3.34. The largest absolute Gasteiger partial charge is 0.368 e. The third-order valence-corrected chi connectivity index (χ3v) is 5.73. The van der Waals surface area contributed by atoms with E-state index in [-0.39, 0.29) is 11.7 Å². The molecule has 1 fully saturated rings. The molecule has 1 aliphatic rings. The van der Waals surface area contributed by atoms with Crippen molar-refractivity contribution < 1.29 is 9.18 Å². The molecule has 154 valence electrons. The van der Waals surface area contributed by atoms with Crippen LogP contribution in [0.15, 0.2) is 66.7 Å². The minimum absolute atomic E-state index is 0.201. The van der Waals surface area contributed by atoms with Crippen LogP contribution in [-0.4, -0.2) is 32.1 Å². The summed E-state index contributed by atoms with van der Waals surface area (Å²) in [5, 5.41) is 2.79. The van der Waals surface area contributed by atoms with E-state index in [0.717, 1.165) is 31.9 Å². The first-order valence-corrected chi connectivity index (χ1v) is 10.2. The highest BCUT2D eigenvalue weighted by molar-refractivity contribution is 6.04. The quantitative estimate of drug-likeness (QED) is 0.664. The number of hydrogen-bond acceptors (Lipinski definition) is 3. The van der Waals surface area contributed by atoms with Gasteiger partial charge in [0.15, 0.2) is 0 Å². The summed E-state index contributed by atoms with van der Waals surface area (Å²) in [6.07, 6.45) is 0.